The van der Waals surface area contributed by atoms with Gasteiger partial charge in [0, 0.05) is 17.3 Å². The lowest BCUT2D eigenvalue weighted by Gasteiger charge is -2.14. The Labute approximate surface area is 157 Å². The number of para-hydroxylation sites is 1. The molecule has 0 spiro atoms. The Morgan fingerprint density at radius 2 is 1.68 bits per heavy atom. The lowest BCUT2D eigenvalue weighted by Crippen LogP contribution is -2.21. The molecule has 0 radical (unpaired) electrons. The van der Waals surface area contributed by atoms with Crippen LogP contribution in [0.15, 0.2) is 53.5 Å². The minimum atomic E-state index is -0.887. The molecule has 3 rings (SSSR count). The van der Waals surface area contributed by atoms with Crippen molar-refractivity contribution < 1.29 is 18.0 Å². The minimum absolute atomic E-state index is 0.0287. The van der Waals surface area contributed by atoms with Gasteiger partial charge in [-0.15, -0.1) is 0 Å². The summed E-state index contributed by atoms with van der Waals surface area (Å²) in [6.07, 6.45) is 1.24. The second kappa shape index (κ2) is 7.51. The van der Waals surface area contributed by atoms with Crippen LogP contribution in [0.1, 0.15) is 28.4 Å². The molecular weight excluding hydrogens is 371 g/mol. The molecule has 1 aromatic heterocycles. The number of aromatic amines is 1. The molecule has 142 valence electrons. The number of benzene rings is 2. The zero-order valence-electron chi connectivity index (χ0n) is 14.6. The largest absolute Gasteiger partial charge is 0.350 e. The summed E-state index contributed by atoms with van der Waals surface area (Å²) >= 11 is 0. The van der Waals surface area contributed by atoms with Crippen molar-refractivity contribution in [3.8, 4) is 0 Å². The molecule has 8 heteroatoms. The number of carbonyl (C=O) groups is 1. The van der Waals surface area contributed by atoms with Crippen LogP contribution in [0, 0.1) is 22.9 Å². The Hall–Kier alpha value is -3.68. The topological polar surface area (TPSA) is 85.8 Å². The van der Waals surface area contributed by atoms with Gasteiger partial charge < -0.3 is 10.3 Å². The van der Waals surface area contributed by atoms with Crippen LogP contribution in [0.25, 0.3) is 0 Å². The third-order valence-electron chi connectivity index (χ3n) is 4.03. The number of anilines is 2. The highest BCUT2D eigenvalue weighted by Gasteiger charge is 2.19. The maximum atomic E-state index is 14.0. The third-order valence-corrected chi connectivity index (χ3v) is 4.03. The van der Waals surface area contributed by atoms with Gasteiger partial charge in [-0.3, -0.25) is 15.0 Å². The highest BCUT2D eigenvalue weighted by Crippen LogP contribution is 2.25. The Bertz CT molecular complexity index is 1140. The van der Waals surface area contributed by atoms with Crippen molar-refractivity contribution in [2.75, 3.05) is 5.32 Å². The number of aromatic nitrogens is 1. The van der Waals surface area contributed by atoms with Crippen LogP contribution in [-0.4, -0.2) is 16.5 Å². The van der Waals surface area contributed by atoms with E-state index in [1.54, 1.807) is 0 Å². The van der Waals surface area contributed by atoms with Gasteiger partial charge in [-0.1, -0.05) is 6.07 Å². The summed E-state index contributed by atoms with van der Waals surface area (Å²) in [5, 5.41) is 10.8. The fourth-order valence-corrected chi connectivity index (χ4v) is 2.66. The number of carbonyl (C=O) groups excluding carboxylic acids is 1. The predicted molar refractivity (Wildman–Crippen MR) is 99.0 cm³/mol. The van der Waals surface area contributed by atoms with Gasteiger partial charge >= 0.3 is 0 Å². The number of rotatable bonds is 5. The molecule has 3 N–H and O–H groups in total. The van der Waals surface area contributed by atoms with Crippen LogP contribution in [0.2, 0.25) is 0 Å². The molecule has 0 unspecified atom stereocenters. The summed E-state index contributed by atoms with van der Waals surface area (Å²) in [5.41, 5.74) is -1.94. The highest BCUT2D eigenvalue weighted by atomic mass is 19.1. The fraction of sp³-hybridized carbons (Fsp3) is 0.0500. The van der Waals surface area contributed by atoms with E-state index < -0.39 is 40.2 Å². The van der Waals surface area contributed by atoms with E-state index in [9.17, 15) is 22.8 Å². The zero-order valence-corrected chi connectivity index (χ0v) is 14.6. The quantitative estimate of drug-likeness (QED) is 0.455. The number of H-pyrrole nitrogens is 1. The molecule has 1 heterocycles. The van der Waals surface area contributed by atoms with Crippen LogP contribution < -0.4 is 10.9 Å². The first-order chi connectivity index (χ1) is 13.3. The van der Waals surface area contributed by atoms with E-state index >= 15 is 0 Å². The normalized spacial score (nSPS) is 10.6. The van der Waals surface area contributed by atoms with Gasteiger partial charge in [0.25, 0.3) is 5.56 Å². The van der Waals surface area contributed by atoms with Crippen LogP contribution in [0.3, 0.4) is 0 Å². The Morgan fingerprint density at radius 1 is 1.04 bits per heavy atom. The molecule has 0 fully saturated rings. The molecule has 0 saturated carbocycles. The van der Waals surface area contributed by atoms with E-state index in [1.165, 1.54) is 31.3 Å². The van der Waals surface area contributed by atoms with Gasteiger partial charge in [0.05, 0.1) is 17.0 Å². The van der Waals surface area contributed by atoms with Crippen molar-refractivity contribution >= 4 is 22.9 Å². The van der Waals surface area contributed by atoms with Gasteiger partial charge in [-0.25, -0.2) is 13.2 Å². The maximum Gasteiger partial charge on any atom is 0.259 e. The molecule has 2 aromatic carbocycles. The van der Waals surface area contributed by atoms with E-state index in [-0.39, 0.29) is 22.4 Å². The summed E-state index contributed by atoms with van der Waals surface area (Å²) in [7, 11) is 0. The lowest BCUT2D eigenvalue weighted by molar-refractivity contribution is 0.101. The monoisotopic (exact) mass is 385 g/mol. The number of Topliss-reactive ketones (excluding diaryl/α,β-unsaturated/α-hetero) is 1. The number of nitrogens with one attached hydrogen (secondary N) is 3. The van der Waals surface area contributed by atoms with Crippen LogP contribution in [-0.2, 0) is 0 Å². The van der Waals surface area contributed by atoms with Crippen LogP contribution in [0.5, 0.6) is 0 Å². The molecule has 5 nitrogen and oxygen atoms in total. The van der Waals surface area contributed by atoms with Crippen molar-refractivity contribution in [3.63, 3.8) is 0 Å². The smallest absolute Gasteiger partial charge is 0.259 e. The van der Waals surface area contributed by atoms with Gasteiger partial charge in [0.1, 0.15) is 23.1 Å². The van der Waals surface area contributed by atoms with Gasteiger partial charge in [-0.05, 0) is 43.3 Å². The standard InChI is InChI=1S/C20H14F3N3O2/c1-10(27)11-7-12(9-13(21)8-11)18(24)17-16(5-6-25-20(17)28)26-19-14(22)3-2-4-15(19)23/h2-9,24H,1H3,(H2,25,26,28). The first-order valence-corrected chi connectivity index (χ1v) is 8.11. The molecule has 0 bridgehead atoms. The van der Waals surface area contributed by atoms with Crippen molar-refractivity contribution in [2.24, 2.45) is 0 Å². The summed E-state index contributed by atoms with van der Waals surface area (Å²) in [6, 6.07) is 7.87. The SMILES string of the molecule is CC(=O)c1cc(F)cc(C(=N)c2c(Nc3c(F)cccc3F)cc[nH]c2=O)c1. The van der Waals surface area contributed by atoms with Crippen molar-refractivity contribution in [1.29, 1.82) is 5.41 Å². The summed E-state index contributed by atoms with van der Waals surface area (Å²) in [6.45, 7) is 1.24. The molecule has 0 aliphatic heterocycles. The average molecular weight is 385 g/mol. The number of halogens is 3. The van der Waals surface area contributed by atoms with Crippen LogP contribution >= 0.6 is 0 Å². The highest BCUT2D eigenvalue weighted by molar-refractivity contribution is 6.14. The predicted octanol–water partition coefficient (Wildman–Crippen LogP) is 4.15. The Kier molecular flexibility index (Phi) is 5.12. The van der Waals surface area contributed by atoms with E-state index in [0.717, 1.165) is 24.3 Å². The summed E-state index contributed by atoms with van der Waals surface area (Å²) in [4.78, 5) is 26.3. The molecule has 3 aromatic rings. The Morgan fingerprint density at radius 3 is 2.32 bits per heavy atom. The fourth-order valence-electron chi connectivity index (χ4n) is 2.66. The molecule has 0 amide bonds. The third kappa shape index (κ3) is 3.71. The molecule has 28 heavy (non-hydrogen) atoms. The number of ketones is 1. The minimum Gasteiger partial charge on any atom is -0.350 e. The van der Waals surface area contributed by atoms with Gasteiger partial charge in [-0.2, -0.15) is 0 Å². The first-order valence-electron chi connectivity index (χ1n) is 8.11. The average Bonchev–Trinajstić information content (AvgIpc) is 2.64. The summed E-state index contributed by atoms with van der Waals surface area (Å²) < 4.78 is 41.8. The second-order valence-electron chi connectivity index (χ2n) is 5.98. The number of pyridine rings is 1. The van der Waals surface area contributed by atoms with E-state index in [4.69, 9.17) is 5.41 Å². The van der Waals surface area contributed by atoms with Gasteiger partial charge in [0.2, 0.25) is 0 Å². The molecule has 0 aliphatic rings. The van der Waals surface area contributed by atoms with Gasteiger partial charge in [0.15, 0.2) is 5.78 Å². The van der Waals surface area contributed by atoms with Crippen molar-refractivity contribution in [2.45, 2.75) is 6.92 Å². The van der Waals surface area contributed by atoms with E-state index in [1.807, 2.05) is 0 Å². The number of hydrogen-bond acceptors (Lipinski definition) is 4. The van der Waals surface area contributed by atoms with Crippen LogP contribution in [0.4, 0.5) is 24.5 Å². The maximum absolute atomic E-state index is 14.0. The first kappa shape index (κ1) is 19.1. The van der Waals surface area contributed by atoms with Crippen molar-refractivity contribution in [1.82, 2.24) is 4.98 Å². The second-order valence-corrected chi connectivity index (χ2v) is 5.98. The van der Waals surface area contributed by atoms with E-state index in [2.05, 4.69) is 10.3 Å². The molecule has 0 atom stereocenters. The Balaban J connectivity index is 2.12. The molecular formula is C20H14F3N3O2. The number of hydrogen-bond donors (Lipinski definition) is 3. The lowest BCUT2D eigenvalue weighted by atomic mass is 9.99. The molecule has 0 saturated heterocycles. The summed E-state index contributed by atoms with van der Waals surface area (Å²) in [5.74, 6) is -2.94. The van der Waals surface area contributed by atoms with E-state index in [0.29, 0.717) is 0 Å². The van der Waals surface area contributed by atoms with Crippen molar-refractivity contribution in [3.05, 3.63) is 93.2 Å². The zero-order chi connectivity index (χ0) is 20.4. The molecule has 0 aliphatic carbocycles.